The fourth-order valence-electron chi connectivity index (χ4n) is 2.27. The molecule has 26 heavy (non-hydrogen) atoms. The highest BCUT2D eigenvalue weighted by atomic mass is 16.6. The van der Waals surface area contributed by atoms with E-state index in [1.165, 1.54) is 12.1 Å². The Kier molecular flexibility index (Phi) is 6.43. The van der Waals surface area contributed by atoms with Crippen LogP contribution in [-0.2, 0) is 16.0 Å². The van der Waals surface area contributed by atoms with E-state index in [1.807, 2.05) is 12.1 Å². The predicted octanol–water partition coefficient (Wildman–Crippen LogP) is 3.44. The standard InChI is InChI=1S/C19H20N2O5/c1-13-3-8-16(21(24)25)11-18(13)20-19(23)12-26-17-9-6-15(7-10-17)5-4-14(2)22/h3,6-11H,4-5,12H2,1-2H3,(H,20,23). The SMILES string of the molecule is CC(=O)CCc1ccc(OCC(=O)Nc2cc([N+](=O)[O-])ccc2C)cc1. The van der Waals surface area contributed by atoms with Crippen LogP contribution in [0.4, 0.5) is 11.4 Å². The van der Waals surface area contributed by atoms with Crippen LogP contribution in [-0.4, -0.2) is 23.2 Å². The van der Waals surface area contributed by atoms with E-state index in [4.69, 9.17) is 4.74 Å². The van der Waals surface area contributed by atoms with Crippen LogP contribution in [0, 0.1) is 17.0 Å². The summed E-state index contributed by atoms with van der Waals surface area (Å²) in [5.74, 6) is 0.259. The van der Waals surface area contributed by atoms with Gasteiger partial charge in [0.25, 0.3) is 11.6 Å². The maximum Gasteiger partial charge on any atom is 0.271 e. The first-order valence-corrected chi connectivity index (χ1v) is 8.11. The minimum Gasteiger partial charge on any atom is -0.484 e. The average Bonchev–Trinajstić information content (AvgIpc) is 2.60. The molecule has 0 radical (unpaired) electrons. The van der Waals surface area contributed by atoms with Crippen LogP contribution in [0.1, 0.15) is 24.5 Å². The van der Waals surface area contributed by atoms with Gasteiger partial charge in [-0.1, -0.05) is 18.2 Å². The summed E-state index contributed by atoms with van der Waals surface area (Å²) in [6.45, 7) is 3.09. The molecule has 0 aromatic heterocycles. The van der Waals surface area contributed by atoms with Gasteiger partial charge >= 0.3 is 0 Å². The van der Waals surface area contributed by atoms with E-state index in [-0.39, 0.29) is 18.1 Å². The molecule has 0 fully saturated rings. The first-order valence-electron chi connectivity index (χ1n) is 8.11. The molecule has 0 bridgehead atoms. The normalized spacial score (nSPS) is 10.2. The number of hydrogen-bond acceptors (Lipinski definition) is 5. The molecular formula is C19H20N2O5. The second-order valence-corrected chi connectivity index (χ2v) is 5.94. The number of carbonyl (C=O) groups excluding carboxylic acids is 2. The van der Waals surface area contributed by atoms with Gasteiger partial charge in [0.05, 0.1) is 10.6 Å². The van der Waals surface area contributed by atoms with E-state index < -0.39 is 10.8 Å². The predicted molar refractivity (Wildman–Crippen MR) is 97.4 cm³/mol. The van der Waals surface area contributed by atoms with E-state index in [1.54, 1.807) is 32.0 Å². The summed E-state index contributed by atoms with van der Waals surface area (Å²) in [6.07, 6.45) is 1.16. The van der Waals surface area contributed by atoms with Gasteiger partial charge < -0.3 is 14.8 Å². The van der Waals surface area contributed by atoms with Gasteiger partial charge in [-0.15, -0.1) is 0 Å². The summed E-state index contributed by atoms with van der Waals surface area (Å²) in [5.41, 5.74) is 2.03. The quantitative estimate of drug-likeness (QED) is 0.577. The minimum atomic E-state index is -0.515. The molecule has 0 aliphatic carbocycles. The summed E-state index contributed by atoms with van der Waals surface area (Å²) in [5, 5.41) is 13.4. The molecule has 0 aliphatic heterocycles. The maximum absolute atomic E-state index is 12.0. The molecule has 0 saturated carbocycles. The monoisotopic (exact) mass is 356 g/mol. The van der Waals surface area contributed by atoms with Crippen LogP contribution in [0.3, 0.4) is 0 Å². The van der Waals surface area contributed by atoms with Crippen molar-refractivity contribution in [3.05, 3.63) is 63.7 Å². The van der Waals surface area contributed by atoms with Gasteiger partial charge in [-0.05, 0) is 43.5 Å². The van der Waals surface area contributed by atoms with Crippen molar-refractivity contribution in [3.8, 4) is 5.75 Å². The number of anilines is 1. The van der Waals surface area contributed by atoms with Crippen LogP contribution in [0.25, 0.3) is 0 Å². The van der Waals surface area contributed by atoms with Crippen LogP contribution in [0.15, 0.2) is 42.5 Å². The molecule has 0 saturated heterocycles. The second kappa shape index (κ2) is 8.75. The molecule has 2 aromatic carbocycles. The average molecular weight is 356 g/mol. The molecule has 136 valence electrons. The number of amides is 1. The summed E-state index contributed by atoms with van der Waals surface area (Å²) in [6, 6.07) is 11.4. The lowest BCUT2D eigenvalue weighted by Gasteiger charge is -2.10. The largest absolute Gasteiger partial charge is 0.484 e. The van der Waals surface area contributed by atoms with Gasteiger partial charge in [-0.3, -0.25) is 14.9 Å². The lowest BCUT2D eigenvalue weighted by Crippen LogP contribution is -2.20. The van der Waals surface area contributed by atoms with Crippen molar-refractivity contribution in [2.75, 3.05) is 11.9 Å². The van der Waals surface area contributed by atoms with Gasteiger partial charge in [-0.2, -0.15) is 0 Å². The number of ketones is 1. The van der Waals surface area contributed by atoms with Gasteiger partial charge in [0.1, 0.15) is 11.5 Å². The molecule has 2 aromatic rings. The third kappa shape index (κ3) is 5.70. The Bertz CT molecular complexity index is 815. The number of nitro groups is 1. The molecule has 1 N–H and O–H groups in total. The van der Waals surface area contributed by atoms with E-state index in [0.29, 0.717) is 24.3 Å². The molecule has 0 aliphatic rings. The maximum atomic E-state index is 12.0. The highest BCUT2D eigenvalue weighted by Crippen LogP contribution is 2.22. The highest BCUT2D eigenvalue weighted by molar-refractivity contribution is 5.93. The van der Waals surface area contributed by atoms with Crippen LogP contribution in [0.5, 0.6) is 5.75 Å². The molecule has 2 rings (SSSR count). The zero-order valence-corrected chi connectivity index (χ0v) is 14.7. The fraction of sp³-hybridized carbons (Fsp3) is 0.263. The van der Waals surface area contributed by atoms with Gasteiger partial charge in [0.15, 0.2) is 6.61 Å². The van der Waals surface area contributed by atoms with Crippen molar-refractivity contribution in [2.24, 2.45) is 0 Å². The van der Waals surface area contributed by atoms with Crippen LogP contribution in [0.2, 0.25) is 0 Å². The number of ether oxygens (including phenoxy) is 1. The number of benzene rings is 2. The van der Waals surface area contributed by atoms with E-state index in [0.717, 1.165) is 11.1 Å². The van der Waals surface area contributed by atoms with Crippen molar-refractivity contribution in [1.82, 2.24) is 0 Å². The van der Waals surface area contributed by atoms with Gasteiger partial charge in [0, 0.05) is 18.6 Å². The number of aryl methyl sites for hydroxylation is 2. The molecule has 7 nitrogen and oxygen atoms in total. The zero-order valence-electron chi connectivity index (χ0n) is 14.7. The number of Topliss-reactive ketones (excluding diaryl/α,β-unsaturated/α-hetero) is 1. The Hall–Kier alpha value is -3.22. The van der Waals surface area contributed by atoms with E-state index in [9.17, 15) is 19.7 Å². The number of nitrogens with zero attached hydrogens (tertiary/aromatic N) is 1. The van der Waals surface area contributed by atoms with Gasteiger partial charge in [0.2, 0.25) is 0 Å². The summed E-state index contributed by atoms with van der Waals surface area (Å²) < 4.78 is 5.43. The number of rotatable bonds is 8. The molecule has 7 heteroatoms. The Labute approximate surface area is 151 Å². The first kappa shape index (κ1) is 19.1. The zero-order chi connectivity index (χ0) is 19.1. The topological polar surface area (TPSA) is 98.5 Å². The fourth-order valence-corrected chi connectivity index (χ4v) is 2.27. The highest BCUT2D eigenvalue weighted by Gasteiger charge is 2.11. The van der Waals surface area contributed by atoms with E-state index in [2.05, 4.69) is 5.32 Å². The lowest BCUT2D eigenvalue weighted by molar-refractivity contribution is -0.384. The first-order chi connectivity index (χ1) is 12.3. The molecule has 0 spiro atoms. The Morgan fingerprint density at radius 1 is 1.15 bits per heavy atom. The number of nitrogens with one attached hydrogen (secondary N) is 1. The molecular weight excluding hydrogens is 336 g/mol. The van der Waals surface area contributed by atoms with Crippen LogP contribution >= 0.6 is 0 Å². The Balaban J connectivity index is 1.90. The molecule has 0 heterocycles. The van der Waals surface area contributed by atoms with Crippen molar-refractivity contribution in [3.63, 3.8) is 0 Å². The third-order valence-corrected chi connectivity index (χ3v) is 3.77. The Morgan fingerprint density at radius 3 is 2.46 bits per heavy atom. The smallest absolute Gasteiger partial charge is 0.271 e. The number of hydrogen-bond donors (Lipinski definition) is 1. The van der Waals surface area contributed by atoms with Crippen molar-refractivity contribution in [2.45, 2.75) is 26.7 Å². The summed E-state index contributed by atoms with van der Waals surface area (Å²) >= 11 is 0. The van der Waals surface area contributed by atoms with Crippen molar-refractivity contribution < 1.29 is 19.2 Å². The number of nitro benzene ring substituents is 1. The number of non-ortho nitro benzene ring substituents is 1. The Morgan fingerprint density at radius 2 is 1.85 bits per heavy atom. The van der Waals surface area contributed by atoms with Crippen molar-refractivity contribution in [1.29, 1.82) is 0 Å². The van der Waals surface area contributed by atoms with Crippen LogP contribution < -0.4 is 10.1 Å². The molecule has 0 unspecified atom stereocenters. The second-order valence-electron chi connectivity index (χ2n) is 5.94. The van der Waals surface area contributed by atoms with E-state index >= 15 is 0 Å². The lowest BCUT2D eigenvalue weighted by atomic mass is 10.1. The molecule has 0 atom stereocenters. The summed E-state index contributed by atoms with van der Waals surface area (Å²) in [7, 11) is 0. The summed E-state index contributed by atoms with van der Waals surface area (Å²) in [4.78, 5) is 33.3. The van der Waals surface area contributed by atoms with Crippen molar-refractivity contribution >= 4 is 23.1 Å². The third-order valence-electron chi connectivity index (χ3n) is 3.77. The molecule has 1 amide bonds. The minimum absolute atomic E-state index is 0.0898. The van der Waals surface area contributed by atoms with Gasteiger partial charge in [-0.25, -0.2) is 0 Å². The number of carbonyl (C=O) groups is 2.